The van der Waals surface area contributed by atoms with Gasteiger partial charge in [-0.05, 0) is 19.8 Å². The number of hydrogen-bond acceptors (Lipinski definition) is 2. The van der Waals surface area contributed by atoms with Crippen LogP contribution in [0.15, 0.2) is 0 Å². The molecule has 0 aliphatic heterocycles. The summed E-state index contributed by atoms with van der Waals surface area (Å²) in [6.45, 7) is 6.63. The molecule has 0 aliphatic rings. The van der Waals surface area contributed by atoms with Gasteiger partial charge in [0, 0.05) is 0 Å². The molecule has 2 heteroatoms. The van der Waals surface area contributed by atoms with Crippen molar-refractivity contribution >= 4 is 0 Å². The van der Waals surface area contributed by atoms with Crippen LogP contribution in [-0.4, -0.2) is 5.60 Å². The lowest BCUT2D eigenvalue weighted by Crippen LogP contribution is -2.31. The molecule has 0 bridgehead atoms. The largest absolute Gasteiger partial charge is 0.298 e. The fourth-order valence-corrected chi connectivity index (χ4v) is 3.29. The highest BCUT2D eigenvalue weighted by atomic mass is 16.6. The van der Waals surface area contributed by atoms with Crippen molar-refractivity contribution < 1.29 is 4.84 Å². The molecule has 0 saturated carbocycles. The third-order valence-electron chi connectivity index (χ3n) is 4.87. The predicted molar refractivity (Wildman–Crippen MR) is 98.9 cm³/mol. The smallest absolute Gasteiger partial charge is 0.0865 e. The van der Waals surface area contributed by atoms with E-state index < -0.39 is 0 Å². The lowest BCUT2D eigenvalue weighted by atomic mass is 9.93. The van der Waals surface area contributed by atoms with Crippen molar-refractivity contribution in [1.29, 1.82) is 0 Å². The first-order chi connectivity index (χ1) is 10.7. The lowest BCUT2D eigenvalue weighted by Gasteiger charge is -2.26. The lowest BCUT2D eigenvalue weighted by molar-refractivity contribution is -0.0479. The molecule has 0 rings (SSSR count). The van der Waals surface area contributed by atoms with Crippen LogP contribution in [0, 0.1) is 0 Å². The Kier molecular flexibility index (Phi) is 15.7. The van der Waals surface area contributed by atoms with Crippen molar-refractivity contribution in [2.24, 2.45) is 5.90 Å². The topological polar surface area (TPSA) is 35.2 Å². The van der Waals surface area contributed by atoms with Gasteiger partial charge in [0.1, 0.15) is 0 Å². The molecule has 0 aromatic rings. The van der Waals surface area contributed by atoms with Gasteiger partial charge < -0.3 is 0 Å². The van der Waals surface area contributed by atoms with Crippen LogP contribution >= 0.6 is 0 Å². The molecular weight excluding hydrogens is 270 g/mol. The quantitative estimate of drug-likeness (QED) is 0.234. The first-order valence-electron chi connectivity index (χ1n) is 10.1. The third kappa shape index (κ3) is 13.6. The molecule has 1 unspecified atom stereocenters. The zero-order valence-electron chi connectivity index (χ0n) is 15.8. The second-order valence-electron chi connectivity index (χ2n) is 7.31. The summed E-state index contributed by atoms with van der Waals surface area (Å²) in [5.41, 5.74) is -0.0907. The standard InChI is InChI=1S/C20H43NO/c1-4-6-7-8-9-10-11-12-13-14-15-16-17-19-20(3,22-21)18-5-2/h4-19,21H2,1-3H3. The first-order valence-corrected chi connectivity index (χ1v) is 10.1. The van der Waals surface area contributed by atoms with Gasteiger partial charge in [0.2, 0.25) is 0 Å². The Morgan fingerprint density at radius 2 is 1.00 bits per heavy atom. The predicted octanol–water partition coefficient (Wildman–Crippen LogP) is 6.92. The van der Waals surface area contributed by atoms with E-state index in [9.17, 15) is 0 Å². The minimum absolute atomic E-state index is 0.0907. The molecule has 1 atom stereocenters. The maximum absolute atomic E-state index is 5.44. The van der Waals surface area contributed by atoms with E-state index in [1.807, 2.05) is 0 Å². The molecule has 2 nitrogen and oxygen atoms in total. The Hall–Kier alpha value is -0.0800. The third-order valence-corrected chi connectivity index (χ3v) is 4.87. The van der Waals surface area contributed by atoms with Gasteiger partial charge in [-0.1, -0.05) is 104 Å². The summed E-state index contributed by atoms with van der Waals surface area (Å²) in [7, 11) is 0. The van der Waals surface area contributed by atoms with E-state index in [0.717, 1.165) is 19.3 Å². The van der Waals surface area contributed by atoms with Gasteiger partial charge in [0.25, 0.3) is 0 Å². The monoisotopic (exact) mass is 313 g/mol. The summed E-state index contributed by atoms with van der Waals surface area (Å²) in [5.74, 6) is 5.44. The van der Waals surface area contributed by atoms with Crippen molar-refractivity contribution in [3.05, 3.63) is 0 Å². The number of nitrogens with two attached hydrogens (primary N) is 1. The van der Waals surface area contributed by atoms with Gasteiger partial charge in [0.15, 0.2) is 0 Å². The van der Waals surface area contributed by atoms with Crippen LogP contribution < -0.4 is 5.90 Å². The van der Waals surface area contributed by atoms with Crippen LogP contribution in [0.3, 0.4) is 0 Å². The Morgan fingerprint density at radius 3 is 1.36 bits per heavy atom. The van der Waals surface area contributed by atoms with E-state index >= 15 is 0 Å². The molecule has 0 aromatic heterocycles. The molecule has 0 aromatic carbocycles. The summed E-state index contributed by atoms with van der Waals surface area (Å²) >= 11 is 0. The molecule has 0 radical (unpaired) electrons. The Balaban J connectivity index is 3.23. The number of unbranched alkanes of at least 4 members (excludes halogenated alkanes) is 12. The average molecular weight is 314 g/mol. The van der Waals surface area contributed by atoms with Gasteiger partial charge in [-0.2, -0.15) is 0 Å². The van der Waals surface area contributed by atoms with Crippen LogP contribution in [0.1, 0.15) is 124 Å². The zero-order valence-corrected chi connectivity index (χ0v) is 15.8. The normalized spacial score (nSPS) is 14.2. The van der Waals surface area contributed by atoms with Crippen LogP contribution in [-0.2, 0) is 4.84 Å². The van der Waals surface area contributed by atoms with Crippen LogP contribution in [0.4, 0.5) is 0 Å². The van der Waals surface area contributed by atoms with Crippen molar-refractivity contribution in [2.45, 2.75) is 129 Å². The van der Waals surface area contributed by atoms with E-state index in [-0.39, 0.29) is 5.60 Å². The molecular formula is C20H43NO. The summed E-state index contributed by atoms with van der Waals surface area (Å²) in [6, 6.07) is 0. The van der Waals surface area contributed by atoms with Gasteiger partial charge in [-0.25, -0.2) is 5.90 Å². The van der Waals surface area contributed by atoms with E-state index in [2.05, 4.69) is 20.8 Å². The maximum Gasteiger partial charge on any atom is 0.0865 e. The Bertz CT molecular complexity index is 220. The van der Waals surface area contributed by atoms with Gasteiger partial charge in [-0.15, -0.1) is 0 Å². The van der Waals surface area contributed by atoms with Crippen molar-refractivity contribution in [3.63, 3.8) is 0 Å². The summed E-state index contributed by atoms with van der Waals surface area (Å²) < 4.78 is 0. The van der Waals surface area contributed by atoms with Crippen molar-refractivity contribution in [1.82, 2.24) is 0 Å². The SMILES string of the molecule is CCCCCCCCCCCCCCCC(C)(CCC)ON. The molecule has 22 heavy (non-hydrogen) atoms. The van der Waals surface area contributed by atoms with E-state index in [0.29, 0.717) is 0 Å². The molecule has 0 amide bonds. The Morgan fingerprint density at radius 1 is 0.591 bits per heavy atom. The molecule has 0 saturated heterocycles. The zero-order chi connectivity index (χ0) is 16.5. The minimum Gasteiger partial charge on any atom is -0.298 e. The maximum atomic E-state index is 5.44. The average Bonchev–Trinajstić information content (AvgIpc) is 2.52. The molecule has 2 N–H and O–H groups in total. The number of hydrogen-bond donors (Lipinski definition) is 1. The molecule has 0 heterocycles. The molecule has 0 fully saturated rings. The van der Waals surface area contributed by atoms with Crippen LogP contribution in [0.5, 0.6) is 0 Å². The number of rotatable bonds is 17. The first kappa shape index (κ1) is 21.9. The summed E-state index contributed by atoms with van der Waals surface area (Å²) in [4.78, 5) is 5.19. The van der Waals surface area contributed by atoms with E-state index in [1.165, 1.54) is 83.5 Å². The van der Waals surface area contributed by atoms with Gasteiger partial charge in [-0.3, -0.25) is 4.84 Å². The second kappa shape index (κ2) is 15.8. The summed E-state index contributed by atoms with van der Waals surface area (Å²) in [5, 5.41) is 0. The van der Waals surface area contributed by atoms with E-state index in [1.54, 1.807) is 0 Å². The molecule has 0 aliphatic carbocycles. The summed E-state index contributed by atoms with van der Waals surface area (Å²) in [6.07, 6.45) is 21.6. The molecule has 134 valence electrons. The van der Waals surface area contributed by atoms with Crippen LogP contribution in [0.2, 0.25) is 0 Å². The highest BCUT2D eigenvalue weighted by molar-refractivity contribution is 4.73. The van der Waals surface area contributed by atoms with E-state index in [4.69, 9.17) is 10.7 Å². The molecule has 0 spiro atoms. The van der Waals surface area contributed by atoms with Crippen molar-refractivity contribution in [2.75, 3.05) is 0 Å². The highest BCUT2D eigenvalue weighted by Gasteiger charge is 2.22. The van der Waals surface area contributed by atoms with Gasteiger partial charge in [0.05, 0.1) is 5.60 Å². The fourth-order valence-electron chi connectivity index (χ4n) is 3.29. The van der Waals surface area contributed by atoms with Crippen molar-refractivity contribution in [3.8, 4) is 0 Å². The minimum atomic E-state index is -0.0907. The Labute approximate surface area is 140 Å². The van der Waals surface area contributed by atoms with Gasteiger partial charge >= 0.3 is 0 Å². The fraction of sp³-hybridized carbons (Fsp3) is 1.00. The highest BCUT2D eigenvalue weighted by Crippen LogP contribution is 2.23. The second-order valence-corrected chi connectivity index (χ2v) is 7.31. The van der Waals surface area contributed by atoms with Crippen LogP contribution in [0.25, 0.3) is 0 Å².